The Bertz CT molecular complexity index is 664. The van der Waals surface area contributed by atoms with E-state index in [-0.39, 0.29) is 10.7 Å². The first-order valence-corrected chi connectivity index (χ1v) is 6.68. The van der Waals surface area contributed by atoms with E-state index in [1.54, 1.807) is 31.4 Å². The first-order valence-electron chi connectivity index (χ1n) is 5.51. The molecule has 0 aliphatic heterocycles. The summed E-state index contributed by atoms with van der Waals surface area (Å²) in [6, 6.07) is 8.46. The molecule has 0 amide bonds. The van der Waals surface area contributed by atoms with Crippen LogP contribution in [0.3, 0.4) is 0 Å². The van der Waals surface area contributed by atoms with E-state index in [0.717, 1.165) is 10.2 Å². The lowest BCUT2D eigenvalue weighted by Crippen LogP contribution is -2.04. The molecule has 0 bridgehead atoms. The second-order valence-electron chi connectivity index (χ2n) is 3.81. The fourth-order valence-electron chi connectivity index (χ4n) is 1.55. The molecule has 2 N–H and O–H groups in total. The van der Waals surface area contributed by atoms with Crippen LogP contribution in [0.25, 0.3) is 0 Å². The van der Waals surface area contributed by atoms with Gasteiger partial charge in [-0.05, 0) is 46.3 Å². The number of hydrogen-bond donors (Lipinski definition) is 2. The number of anilines is 2. The Morgan fingerprint density at radius 2 is 2.15 bits per heavy atom. The largest absolute Gasteiger partial charge is 0.496 e. The van der Waals surface area contributed by atoms with E-state index < -0.39 is 5.97 Å². The number of methoxy groups -OCH3 is 1. The highest BCUT2D eigenvalue weighted by Crippen LogP contribution is 2.29. The zero-order chi connectivity index (χ0) is 14.7. The lowest BCUT2D eigenvalue weighted by Gasteiger charge is -2.09. The van der Waals surface area contributed by atoms with Crippen LogP contribution in [0.15, 0.2) is 34.8 Å². The van der Waals surface area contributed by atoms with Gasteiger partial charge in [-0.3, -0.25) is 0 Å². The topological polar surface area (TPSA) is 71.5 Å². The van der Waals surface area contributed by atoms with Crippen LogP contribution in [-0.2, 0) is 0 Å². The molecule has 1 aromatic heterocycles. The molecule has 0 aliphatic carbocycles. The van der Waals surface area contributed by atoms with E-state index in [4.69, 9.17) is 21.4 Å². The lowest BCUT2D eigenvalue weighted by atomic mass is 10.3. The van der Waals surface area contributed by atoms with Crippen molar-refractivity contribution in [1.82, 2.24) is 4.98 Å². The summed E-state index contributed by atoms with van der Waals surface area (Å²) in [4.78, 5) is 14.9. The SMILES string of the molecule is COc1ccc(Nc2ccc(Cl)c(C(=O)O)n2)cc1Br. The van der Waals surface area contributed by atoms with Crippen molar-refractivity contribution in [2.45, 2.75) is 0 Å². The summed E-state index contributed by atoms with van der Waals surface area (Å²) in [5.41, 5.74) is 0.549. The summed E-state index contributed by atoms with van der Waals surface area (Å²) in [6.07, 6.45) is 0. The number of nitrogens with zero attached hydrogens (tertiary/aromatic N) is 1. The van der Waals surface area contributed by atoms with Gasteiger partial charge in [0.1, 0.15) is 11.6 Å². The van der Waals surface area contributed by atoms with Gasteiger partial charge in [-0.25, -0.2) is 9.78 Å². The Kier molecular flexibility index (Phi) is 4.46. The highest BCUT2D eigenvalue weighted by Gasteiger charge is 2.11. The molecule has 0 spiro atoms. The Morgan fingerprint density at radius 3 is 2.75 bits per heavy atom. The third kappa shape index (κ3) is 3.20. The maximum Gasteiger partial charge on any atom is 0.356 e. The Balaban J connectivity index is 2.28. The highest BCUT2D eigenvalue weighted by molar-refractivity contribution is 9.10. The summed E-state index contributed by atoms with van der Waals surface area (Å²) >= 11 is 9.13. The van der Waals surface area contributed by atoms with Gasteiger partial charge in [0.05, 0.1) is 16.6 Å². The van der Waals surface area contributed by atoms with E-state index in [2.05, 4.69) is 26.2 Å². The van der Waals surface area contributed by atoms with Gasteiger partial charge in [-0.1, -0.05) is 11.6 Å². The maximum absolute atomic E-state index is 11.0. The number of pyridine rings is 1. The number of benzene rings is 1. The smallest absolute Gasteiger partial charge is 0.356 e. The predicted molar refractivity (Wildman–Crippen MR) is 80.2 cm³/mol. The Morgan fingerprint density at radius 1 is 1.40 bits per heavy atom. The Hall–Kier alpha value is -1.79. The molecule has 0 saturated heterocycles. The van der Waals surface area contributed by atoms with E-state index in [1.807, 2.05) is 0 Å². The van der Waals surface area contributed by atoms with Crippen molar-refractivity contribution in [1.29, 1.82) is 0 Å². The van der Waals surface area contributed by atoms with Crippen LogP contribution in [-0.4, -0.2) is 23.2 Å². The molecule has 104 valence electrons. The number of ether oxygens (including phenoxy) is 1. The van der Waals surface area contributed by atoms with Gasteiger partial charge in [0.2, 0.25) is 0 Å². The molecule has 20 heavy (non-hydrogen) atoms. The summed E-state index contributed by atoms with van der Waals surface area (Å²) in [5.74, 6) is -0.0794. The van der Waals surface area contributed by atoms with Crippen molar-refractivity contribution in [2.24, 2.45) is 0 Å². The first kappa shape index (κ1) is 14.6. The van der Waals surface area contributed by atoms with Crippen molar-refractivity contribution in [3.63, 3.8) is 0 Å². The molecule has 0 unspecified atom stereocenters. The lowest BCUT2D eigenvalue weighted by molar-refractivity contribution is 0.0691. The summed E-state index contributed by atoms with van der Waals surface area (Å²) in [5, 5.41) is 12.1. The average molecular weight is 358 g/mol. The molecule has 0 saturated carbocycles. The van der Waals surface area contributed by atoms with Crippen molar-refractivity contribution in [2.75, 3.05) is 12.4 Å². The molecule has 1 aromatic carbocycles. The van der Waals surface area contributed by atoms with Crippen molar-refractivity contribution < 1.29 is 14.6 Å². The number of carboxylic acids is 1. The summed E-state index contributed by atoms with van der Waals surface area (Å²) in [6.45, 7) is 0. The summed E-state index contributed by atoms with van der Waals surface area (Å²) < 4.78 is 5.91. The zero-order valence-electron chi connectivity index (χ0n) is 10.4. The molecular formula is C13H10BrClN2O3. The molecular weight excluding hydrogens is 348 g/mol. The van der Waals surface area contributed by atoms with Crippen LogP contribution in [0.2, 0.25) is 5.02 Å². The average Bonchev–Trinajstić information content (AvgIpc) is 2.41. The molecule has 0 aliphatic rings. The van der Waals surface area contributed by atoms with Crippen LogP contribution in [0.4, 0.5) is 11.5 Å². The number of rotatable bonds is 4. The number of aromatic carboxylic acids is 1. The first-order chi connectivity index (χ1) is 9.51. The van der Waals surface area contributed by atoms with Crippen molar-refractivity contribution >= 4 is 45.0 Å². The number of carbonyl (C=O) groups is 1. The molecule has 2 rings (SSSR count). The minimum absolute atomic E-state index is 0.0963. The number of nitrogens with one attached hydrogen (secondary N) is 1. The van der Waals surface area contributed by atoms with E-state index in [9.17, 15) is 4.79 Å². The number of carboxylic acid groups (broad SMARTS) is 1. The number of aromatic nitrogens is 1. The van der Waals surface area contributed by atoms with Crippen molar-refractivity contribution in [3.8, 4) is 5.75 Å². The van der Waals surface area contributed by atoms with E-state index in [0.29, 0.717) is 11.6 Å². The van der Waals surface area contributed by atoms with Crippen LogP contribution in [0, 0.1) is 0 Å². The quantitative estimate of drug-likeness (QED) is 0.867. The monoisotopic (exact) mass is 356 g/mol. The van der Waals surface area contributed by atoms with Crippen LogP contribution in [0.1, 0.15) is 10.5 Å². The molecule has 0 atom stereocenters. The molecule has 0 radical (unpaired) electrons. The predicted octanol–water partition coefficient (Wildman–Crippen LogP) is 3.95. The van der Waals surface area contributed by atoms with E-state index >= 15 is 0 Å². The van der Waals surface area contributed by atoms with Gasteiger partial charge in [-0.15, -0.1) is 0 Å². The Labute approximate surface area is 128 Å². The number of halogens is 2. The van der Waals surface area contributed by atoms with Gasteiger partial charge < -0.3 is 15.2 Å². The van der Waals surface area contributed by atoms with Crippen LogP contribution in [0.5, 0.6) is 5.75 Å². The molecule has 0 fully saturated rings. The molecule has 1 heterocycles. The molecule has 2 aromatic rings. The van der Waals surface area contributed by atoms with Gasteiger partial charge in [0.25, 0.3) is 0 Å². The van der Waals surface area contributed by atoms with Gasteiger partial charge in [0.15, 0.2) is 5.69 Å². The highest BCUT2D eigenvalue weighted by atomic mass is 79.9. The van der Waals surface area contributed by atoms with Crippen molar-refractivity contribution in [3.05, 3.63) is 45.5 Å². The normalized spacial score (nSPS) is 10.2. The standard InChI is InChI=1S/C13H10BrClN2O3/c1-20-10-4-2-7(6-8(10)14)16-11-5-3-9(15)12(17-11)13(18)19/h2-6H,1H3,(H,16,17)(H,18,19). The maximum atomic E-state index is 11.0. The van der Waals surface area contributed by atoms with Gasteiger partial charge in [0, 0.05) is 5.69 Å². The second kappa shape index (κ2) is 6.11. The fourth-order valence-corrected chi connectivity index (χ4v) is 2.28. The second-order valence-corrected chi connectivity index (χ2v) is 5.07. The zero-order valence-corrected chi connectivity index (χ0v) is 12.7. The van der Waals surface area contributed by atoms with Gasteiger partial charge in [-0.2, -0.15) is 0 Å². The minimum atomic E-state index is -1.17. The molecule has 7 heteroatoms. The summed E-state index contributed by atoms with van der Waals surface area (Å²) in [7, 11) is 1.58. The van der Waals surface area contributed by atoms with Crippen LogP contribution >= 0.6 is 27.5 Å². The third-order valence-corrected chi connectivity index (χ3v) is 3.40. The fraction of sp³-hybridized carbons (Fsp3) is 0.0769. The van der Waals surface area contributed by atoms with E-state index in [1.165, 1.54) is 6.07 Å². The number of hydrogen-bond acceptors (Lipinski definition) is 4. The van der Waals surface area contributed by atoms with Crippen LogP contribution < -0.4 is 10.1 Å². The minimum Gasteiger partial charge on any atom is -0.496 e. The third-order valence-electron chi connectivity index (χ3n) is 2.47. The molecule has 5 nitrogen and oxygen atoms in total. The van der Waals surface area contributed by atoms with Gasteiger partial charge >= 0.3 is 5.97 Å².